The Morgan fingerprint density at radius 2 is 2.04 bits per heavy atom. The van der Waals surface area contributed by atoms with Crippen LogP contribution in [0.4, 0.5) is 0 Å². The molecular weight excluding hydrogens is 416 g/mol. The normalized spacial score (nSPS) is 11.0. The summed E-state index contributed by atoms with van der Waals surface area (Å²) in [6, 6.07) is 15.6. The van der Waals surface area contributed by atoms with Gasteiger partial charge in [-0.05, 0) is 71.1 Å². The maximum Gasteiger partial charge on any atom is 0.262 e. The molecule has 1 N–H and O–H groups in total. The van der Waals surface area contributed by atoms with E-state index in [0.717, 1.165) is 26.9 Å². The van der Waals surface area contributed by atoms with Gasteiger partial charge >= 0.3 is 0 Å². The van der Waals surface area contributed by atoms with Crippen LogP contribution in [0.15, 0.2) is 65.2 Å². The quantitative estimate of drug-likeness (QED) is 0.350. The number of allylic oxidation sites excluding steroid dienone is 1. The maximum atomic E-state index is 12.2. The maximum absolute atomic E-state index is 12.2. The smallest absolute Gasteiger partial charge is 0.262 e. The molecule has 0 aliphatic heterocycles. The molecule has 0 aromatic heterocycles. The van der Waals surface area contributed by atoms with Gasteiger partial charge in [0.25, 0.3) is 5.91 Å². The summed E-state index contributed by atoms with van der Waals surface area (Å²) in [5.74, 6) is 0.342. The zero-order valence-corrected chi connectivity index (χ0v) is 17.6. The van der Waals surface area contributed by atoms with Crippen LogP contribution in [-0.2, 0) is 17.8 Å². The van der Waals surface area contributed by atoms with Gasteiger partial charge in [-0.25, -0.2) is 0 Å². The van der Waals surface area contributed by atoms with Crippen molar-refractivity contribution in [3.63, 3.8) is 0 Å². The number of halogens is 1. The zero-order valence-electron chi connectivity index (χ0n) is 16.0. The van der Waals surface area contributed by atoms with Crippen LogP contribution in [0, 0.1) is 11.3 Å². The van der Waals surface area contributed by atoms with E-state index >= 15 is 0 Å². The van der Waals surface area contributed by atoms with Crippen LogP contribution in [0.25, 0.3) is 6.08 Å². The Morgan fingerprint density at radius 1 is 1.32 bits per heavy atom. The first kappa shape index (κ1) is 21.5. The van der Waals surface area contributed by atoms with Crippen molar-refractivity contribution in [2.24, 2.45) is 0 Å². The monoisotopic (exact) mass is 438 g/mol. The van der Waals surface area contributed by atoms with Crippen molar-refractivity contribution in [3.05, 3.63) is 81.9 Å². The third-order valence-electron chi connectivity index (χ3n) is 3.83. The Hall–Kier alpha value is -2.84. The van der Waals surface area contributed by atoms with Crippen LogP contribution in [0.1, 0.15) is 30.5 Å². The number of rotatable bonds is 8. The van der Waals surface area contributed by atoms with Crippen molar-refractivity contribution < 1.29 is 9.53 Å². The number of hydrogen-bond acceptors (Lipinski definition) is 3. The molecule has 1 amide bonds. The van der Waals surface area contributed by atoms with Crippen molar-refractivity contribution in [1.29, 1.82) is 5.26 Å². The molecule has 0 bridgehead atoms. The van der Waals surface area contributed by atoms with E-state index in [1.54, 1.807) is 12.2 Å². The molecule has 0 saturated heterocycles. The zero-order chi connectivity index (χ0) is 20.5. The third-order valence-corrected chi connectivity index (χ3v) is 4.42. The highest BCUT2D eigenvalue weighted by Gasteiger charge is 2.13. The molecule has 0 aliphatic rings. The Kier molecular flexibility index (Phi) is 8.03. The molecule has 0 aliphatic carbocycles. The highest BCUT2D eigenvalue weighted by Crippen LogP contribution is 2.33. The van der Waals surface area contributed by atoms with Crippen molar-refractivity contribution in [3.8, 4) is 11.8 Å². The van der Waals surface area contributed by atoms with Crippen LogP contribution >= 0.6 is 15.9 Å². The summed E-state index contributed by atoms with van der Waals surface area (Å²) in [6.45, 7) is 7.96. The summed E-state index contributed by atoms with van der Waals surface area (Å²) in [5, 5.41) is 12.1. The first-order valence-corrected chi connectivity index (χ1v) is 9.76. The molecule has 144 valence electrons. The Labute approximate surface area is 174 Å². The molecule has 28 heavy (non-hydrogen) atoms. The lowest BCUT2D eigenvalue weighted by molar-refractivity contribution is -0.117. The molecular formula is C23H23BrN2O2. The van der Waals surface area contributed by atoms with Gasteiger partial charge in [0.05, 0.1) is 4.47 Å². The summed E-state index contributed by atoms with van der Waals surface area (Å²) < 4.78 is 6.79. The van der Waals surface area contributed by atoms with Gasteiger partial charge in [0.15, 0.2) is 0 Å². The number of amides is 1. The highest BCUT2D eigenvalue weighted by molar-refractivity contribution is 9.10. The molecule has 0 saturated carbocycles. The fraction of sp³-hybridized carbons (Fsp3) is 0.217. The fourth-order valence-electron chi connectivity index (χ4n) is 2.61. The van der Waals surface area contributed by atoms with Gasteiger partial charge in [0.1, 0.15) is 24.0 Å². The van der Waals surface area contributed by atoms with E-state index in [2.05, 4.69) is 27.8 Å². The minimum Gasteiger partial charge on any atom is -0.487 e. The molecule has 4 nitrogen and oxygen atoms in total. The third kappa shape index (κ3) is 6.11. The van der Waals surface area contributed by atoms with Gasteiger partial charge in [-0.15, -0.1) is 6.58 Å². The Morgan fingerprint density at radius 3 is 2.64 bits per heavy atom. The van der Waals surface area contributed by atoms with E-state index in [4.69, 9.17) is 4.74 Å². The Bertz CT molecular complexity index is 912. The van der Waals surface area contributed by atoms with Gasteiger partial charge in [0, 0.05) is 6.04 Å². The number of ether oxygens (including phenoxy) is 1. The number of carbonyl (C=O) groups excluding carboxylic acids is 1. The number of nitriles is 1. The molecule has 2 rings (SSSR count). The second-order valence-electron chi connectivity index (χ2n) is 6.56. The van der Waals surface area contributed by atoms with Crippen LogP contribution in [-0.4, -0.2) is 11.9 Å². The van der Waals surface area contributed by atoms with Gasteiger partial charge < -0.3 is 10.1 Å². The minimum atomic E-state index is -0.386. The molecule has 2 aromatic carbocycles. The first-order valence-electron chi connectivity index (χ1n) is 8.97. The highest BCUT2D eigenvalue weighted by atomic mass is 79.9. The molecule has 0 spiro atoms. The van der Waals surface area contributed by atoms with Gasteiger partial charge in [0.2, 0.25) is 0 Å². The lowest BCUT2D eigenvalue weighted by Crippen LogP contribution is -2.30. The van der Waals surface area contributed by atoms with Crippen LogP contribution in [0.5, 0.6) is 5.75 Å². The van der Waals surface area contributed by atoms with Crippen molar-refractivity contribution in [2.75, 3.05) is 0 Å². The molecule has 0 unspecified atom stereocenters. The van der Waals surface area contributed by atoms with E-state index in [1.165, 1.54) is 0 Å². The van der Waals surface area contributed by atoms with Gasteiger partial charge in [-0.2, -0.15) is 5.26 Å². The average Bonchev–Trinajstić information content (AvgIpc) is 2.66. The Balaban J connectivity index is 2.33. The summed E-state index contributed by atoms with van der Waals surface area (Å²) in [5.41, 5.74) is 2.79. The average molecular weight is 439 g/mol. The predicted octanol–water partition coefficient (Wildman–Crippen LogP) is 5.19. The topological polar surface area (TPSA) is 62.1 Å². The molecule has 5 heteroatoms. The van der Waals surface area contributed by atoms with Crippen LogP contribution in [0.2, 0.25) is 0 Å². The molecule has 0 atom stereocenters. The summed E-state index contributed by atoms with van der Waals surface area (Å²) >= 11 is 3.56. The lowest BCUT2D eigenvalue weighted by Gasteiger charge is -2.14. The number of carbonyl (C=O) groups is 1. The summed E-state index contributed by atoms with van der Waals surface area (Å²) in [7, 11) is 0. The minimum absolute atomic E-state index is 0.0407. The first-order chi connectivity index (χ1) is 13.4. The van der Waals surface area contributed by atoms with Crippen LogP contribution < -0.4 is 10.1 Å². The summed E-state index contributed by atoms with van der Waals surface area (Å²) in [4.78, 5) is 12.2. The van der Waals surface area contributed by atoms with Gasteiger partial charge in [-0.3, -0.25) is 4.79 Å². The standard InChI is InChI=1S/C23H23BrN2O2/c1-4-8-19-11-18(12-20(14-25)23(27)26-16(2)3)13-21(24)22(19)28-15-17-9-6-5-7-10-17/h4-7,9-13,16H,1,8,15H2,2-3H3,(H,26,27)/b20-12-. The lowest BCUT2D eigenvalue weighted by atomic mass is 10.0. The van der Waals surface area contributed by atoms with E-state index in [0.29, 0.717) is 13.0 Å². The van der Waals surface area contributed by atoms with E-state index in [-0.39, 0.29) is 17.5 Å². The number of hydrogen-bond donors (Lipinski definition) is 1. The van der Waals surface area contributed by atoms with E-state index < -0.39 is 0 Å². The number of nitrogens with one attached hydrogen (secondary N) is 1. The van der Waals surface area contributed by atoms with E-state index in [9.17, 15) is 10.1 Å². The van der Waals surface area contributed by atoms with Crippen molar-refractivity contribution >= 4 is 27.9 Å². The predicted molar refractivity (Wildman–Crippen MR) is 116 cm³/mol. The SMILES string of the molecule is C=CCc1cc(/C=C(/C#N)C(=O)NC(C)C)cc(Br)c1OCc1ccccc1. The molecule has 0 fully saturated rings. The second kappa shape index (κ2) is 10.5. The molecule has 2 aromatic rings. The fourth-order valence-corrected chi connectivity index (χ4v) is 3.24. The number of benzene rings is 2. The van der Waals surface area contributed by atoms with Crippen molar-refractivity contribution in [1.82, 2.24) is 5.32 Å². The summed E-state index contributed by atoms with van der Waals surface area (Å²) in [6.07, 6.45) is 3.97. The van der Waals surface area contributed by atoms with Gasteiger partial charge in [-0.1, -0.05) is 36.4 Å². The van der Waals surface area contributed by atoms with E-state index in [1.807, 2.05) is 62.4 Å². The second-order valence-corrected chi connectivity index (χ2v) is 7.41. The number of nitrogens with zero attached hydrogens (tertiary/aromatic N) is 1. The van der Waals surface area contributed by atoms with Crippen LogP contribution in [0.3, 0.4) is 0 Å². The molecule has 0 radical (unpaired) electrons. The van der Waals surface area contributed by atoms with Crippen molar-refractivity contribution in [2.45, 2.75) is 32.9 Å². The molecule has 0 heterocycles. The largest absolute Gasteiger partial charge is 0.487 e.